The van der Waals surface area contributed by atoms with Gasteiger partial charge in [0.1, 0.15) is 5.75 Å². The van der Waals surface area contributed by atoms with E-state index in [0.717, 1.165) is 11.5 Å². The first-order valence-corrected chi connectivity index (χ1v) is 11.6. The van der Waals surface area contributed by atoms with Crippen molar-refractivity contribution in [3.63, 3.8) is 0 Å². The summed E-state index contributed by atoms with van der Waals surface area (Å²) >= 11 is 0. The van der Waals surface area contributed by atoms with E-state index >= 15 is 0 Å². The highest BCUT2D eigenvalue weighted by Gasteiger charge is 2.29. The van der Waals surface area contributed by atoms with Crippen molar-refractivity contribution in [2.75, 3.05) is 43.0 Å². The third kappa shape index (κ3) is 4.95. The van der Waals surface area contributed by atoms with Crippen molar-refractivity contribution in [3.8, 4) is 5.75 Å². The fourth-order valence-electron chi connectivity index (χ4n) is 3.41. The molecule has 2 heterocycles. The van der Waals surface area contributed by atoms with Crippen LogP contribution in [-0.2, 0) is 10.0 Å². The molecule has 1 saturated heterocycles. The largest absolute Gasteiger partial charge is 0.494 e. The molecule has 2 aromatic carbocycles. The number of nitrogens with zero attached hydrogens (tertiary/aromatic N) is 4. The molecular weight excluding hydrogens is 414 g/mol. The third-order valence-electron chi connectivity index (χ3n) is 5.03. The number of nitrogens with one attached hydrogen (secondary N) is 1. The van der Waals surface area contributed by atoms with Crippen molar-refractivity contribution in [1.29, 1.82) is 0 Å². The highest BCUT2D eigenvalue weighted by Crippen LogP contribution is 2.23. The number of hydrogen-bond donors (Lipinski definition) is 1. The van der Waals surface area contributed by atoms with Crippen molar-refractivity contribution >= 4 is 27.3 Å². The van der Waals surface area contributed by atoms with Crippen LogP contribution in [0, 0.1) is 0 Å². The van der Waals surface area contributed by atoms with Gasteiger partial charge in [0.25, 0.3) is 0 Å². The monoisotopic (exact) mass is 439 g/mol. The molecule has 162 valence electrons. The highest BCUT2D eigenvalue weighted by molar-refractivity contribution is 7.89. The lowest BCUT2D eigenvalue weighted by molar-refractivity contribution is 0.340. The van der Waals surface area contributed by atoms with Crippen LogP contribution in [0.4, 0.5) is 17.3 Å². The minimum absolute atomic E-state index is 0.278. The molecule has 4 rings (SSSR count). The van der Waals surface area contributed by atoms with Gasteiger partial charge in [0, 0.05) is 31.9 Å². The Morgan fingerprint density at radius 1 is 0.903 bits per heavy atom. The zero-order valence-electron chi connectivity index (χ0n) is 17.3. The maximum Gasteiger partial charge on any atom is 0.243 e. The van der Waals surface area contributed by atoms with Crippen molar-refractivity contribution in [3.05, 3.63) is 66.7 Å². The Balaban J connectivity index is 1.36. The third-order valence-corrected chi connectivity index (χ3v) is 6.94. The number of ether oxygens (including phenoxy) is 1. The Kier molecular flexibility index (Phi) is 6.34. The molecule has 1 aliphatic rings. The van der Waals surface area contributed by atoms with E-state index in [2.05, 4.69) is 15.5 Å². The smallest absolute Gasteiger partial charge is 0.243 e. The van der Waals surface area contributed by atoms with Crippen LogP contribution in [0.3, 0.4) is 0 Å². The molecule has 1 aromatic heterocycles. The number of aromatic nitrogens is 2. The first-order valence-electron chi connectivity index (χ1n) is 10.2. The van der Waals surface area contributed by atoms with Crippen LogP contribution in [0.25, 0.3) is 0 Å². The van der Waals surface area contributed by atoms with Crippen LogP contribution in [0.1, 0.15) is 6.92 Å². The summed E-state index contributed by atoms with van der Waals surface area (Å²) in [6.07, 6.45) is 0. The van der Waals surface area contributed by atoms with Crippen molar-refractivity contribution in [2.45, 2.75) is 11.8 Å². The van der Waals surface area contributed by atoms with Gasteiger partial charge in [0.2, 0.25) is 10.0 Å². The molecule has 9 heteroatoms. The standard InChI is InChI=1S/C22H25N5O3S/c1-2-30-19-8-10-20(11-9-19)31(28,29)27-16-14-26(15-17-27)22-13-12-21(24-25-22)23-18-6-4-3-5-7-18/h3-13H,2,14-17H2,1H3,(H,23,24). The zero-order chi connectivity index (χ0) is 21.7. The molecule has 31 heavy (non-hydrogen) atoms. The lowest BCUT2D eigenvalue weighted by Crippen LogP contribution is -2.48. The number of benzene rings is 2. The minimum atomic E-state index is -3.54. The Morgan fingerprint density at radius 2 is 1.61 bits per heavy atom. The summed E-state index contributed by atoms with van der Waals surface area (Å²) in [5.41, 5.74) is 0.942. The van der Waals surface area contributed by atoms with E-state index in [0.29, 0.717) is 44.4 Å². The number of sulfonamides is 1. The molecule has 0 spiro atoms. The van der Waals surface area contributed by atoms with Crippen LogP contribution >= 0.6 is 0 Å². The van der Waals surface area contributed by atoms with Crippen LogP contribution < -0.4 is 15.0 Å². The first kappa shape index (κ1) is 21.1. The molecule has 0 amide bonds. The number of rotatable bonds is 7. The van der Waals surface area contributed by atoms with Crippen LogP contribution in [0.5, 0.6) is 5.75 Å². The van der Waals surface area contributed by atoms with Gasteiger partial charge in [0.05, 0.1) is 11.5 Å². The minimum Gasteiger partial charge on any atom is -0.494 e. The average molecular weight is 440 g/mol. The number of hydrogen-bond acceptors (Lipinski definition) is 7. The lowest BCUT2D eigenvalue weighted by atomic mass is 10.3. The summed E-state index contributed by atoms with van der Waals surface area (Å²) in [4.78, 5) is 2.32. The fourth-order valence-corrected chi connectivity index (χ4v) is 4.83. The van der Waals surface area contributed by atoms with E-state index in [9.17, 15) is 8.42 Å². The number of para-hydroxylation sites is 1. The Morgan fingerprint density at radius 3 is 2.23 bits per heavy atom. The van der Waals surface area contributed by atoms with E-state index in [-0.39, 0.29) is 4.90 Å². The predicted octanol–water partition coefficient (Wildman–Crippen LogP) is 3.13. The number of piperazine rings is 1. The molecule has 3 aromatic rings. The van der Waals surface area contributed by atoms with E-state index < -0.39 is 10.0 Å². The topological polar surface area (TPSA) is 87.7 Å². The van der Waals surface area contributed by atoms with Crippen LogP contribution in [0.2, 0.25) is 0 Å². The maximum absolute atomic E-state index is 12.9. The van der Waals surface area contributed by atoms with E-state index in [1.54, 1.807) is 24.3 Å². The Bertz CT molecular complexity index is 1080. The second kappa shape index (κ2) is 9.32. The molecular formula is C22H25N5O3S. The summed E-state index contributed by atoms with van der Waals surface area (Å²) < 4.78 is 32.8. The van der Waals surface area contributed by atoms with E-state index in [4.69, 9.17) is 4.74 Å². The summed E-state index contributed by atoms with van der Waals surface area (Å²) in [7, 11) is -3.54. The maximum atomic E-state index is 12.9. The molecule has 0 unspecified atom stereocenters. The summed E-state index contributed by atoms with van der Waals surface area (Å²) in [6, 6.07) is 20.1. The zero-order valence-corrected chi connectivity index (χ0v) is 18.1. The molecule has 0 atom stereocenters. The van der Waals surface area contributed by atoms with Gasteiger partial charge in [0.15, 0.2) is 11.6 Å². The molecule has 0 bridgehead atoms. The molecule has 0 saturated carbocycles. The normalized spacial score (nSPS) is 14.9. The van der Waals surface area contributed by atoms with Gasteiger partial charge in [-0.1, -0.05) is 18.2 Å². The SMILES string of the molecule is CCOc1ccc(S(=O)(=O)N2CCN(c3ccc(Nc4ccccc4)nn3)CC2)cc1. The van der Waals surface area contributed by atoms with E-state index in [1.807, 2.05) is 54.3 Å². The van der Waals surface area contributed by atoms with Crippen molar-refractivity contribution in [2.24, 2.45) is 0 Å². The second-order valence-corrected chi connectivity index (χ2v) is 9.00. The van der Waals surface area contributed by atoms with Gasteiger partial charge in [-0.3, -0.25) is 0 Å². The fraction of sp³-hybridized carbons (Fsp3) is 0.273. The van der Waals surface area contributed by atoms with Gasteiger partial charge in [-0.25, -0.2) is 8.42 Å². The first-order chi connectivity index (χ1) is 15.1. The number of anilines is 3. The van der Waals surface area contributed by atoms with Gasteiger partial charge < -0.3 is 15.0 Å². The van der Waals surface area contributed by atoms with E-state index in [1.165, 1.54) is 4.31 Å². The molecule has 1 fully saturated rings. The predicted molar refractivity (Wildman–Crippen MR) is 120 cm³/mol. The quantitative estimate of drug-likeness (QED) is 0.605. The molecule has 1 N–H and O–H groups in total. The average Bonchev–Trinajstić information content (AvgIpc) is 2.81. The molecule has 1 aliphatic heterocycles. The van der Waals surface area contributed by atoms with Gasteiger partial charge in [-0.2, -0.15) is 4.31 Å². The molecule has 0 aliphatic carbocycles. The van der Waals surface area contributed by atoms with Gasteiger partial charge in [-0.05, 0) is 55.5 Å². The Labute approximate surface area is 182 Å². The summed E-state index contributed by atoms with van der Waals surface area (Å²) in [5.74, 6) is 2.05. The van der Waals surface area contributed by atoms with Crippen LogP contribution in [-0.4, -0.2) is 55.7 Å². The van der Waals surface area contributed by atoms with Crippen molar-refractivity contribution in [1.82, 2.24) is 14.5 Å². The van der Waals surface area contributed by atoms with Crippen LogP contribution in [0.15, 0.2) is 71.6 Å². The highest BCUT2D eigenvalue weighted by atomic mass is 32.2. The molecule has 8 nitrogen and oxygen atoms in total. The lowest BCUT2D eigenvalue weighted by Gasteiger charge is -2.34. The summed E-state index contributed by atoms with van der Waals surface area (Å²) in [5, 5.41) is 11.7. The summed E-state index contributed by atoms with van der Waals surface area (Å²) in [6.45, 7) is 4.32. The van der Waals surface area contributed by atoms with Gasteiger partial charge >= 0.3 is 0 Å². The van der Waals surface area contributed by atoms with Crippen molar-refractivity contribution < 1.29 is 13.2 Å². The Hall–Kier alpha value is -3.17. The second-order valence-electron chi connectivity index (χ2n) is 7.06. The van der Waals surface area contributed by atoms with Gasteiger partial charge in [-0.15, -0.1) is 10.2 Å². The molecule has 0 radical (unpaired) electrons.